The van der Waals surface area contributed by atoms with Gasteiger partial charge in [0, 0.05) is 23.6 Å². The van der Waals surface area contributed by atoms with Crippen LogP contribution in [0.3, 0.4) is 0 Å². The molecule has 0 saturated carbocycles. The zero-order chi connectivity index (χ0) is 25.8. The van der Waals surface area contributed by atoms with E-state index in [1.807, 2.05) is 31.4 Å². The lowest BCUT2D eigenvalue weighted by Gasteiger charge is -2.10. The molecule has 5 rings (SSSR count). The molecule has 2 aromatic carbocycles. The number of nitro groups is 1. The van der Waals surface area contributed by atoms with Gasteiger partial charge in [-0.05, 0) is 49.2 Å². The third-order valence-corrected chi connectivity index (χ3v) is 6.14. The highest BCUT2D eigenvalue weighted by molar-refractivity contribution is 5.91. The maximum Gasteiger partial charge on any atom is 0.420 e. The van der Waals surface area contributed by atoms with Crippen LogP contribution in [0, 0.1) is 24.0 Å². The summed E-state index contributed by atoms with van der Waals surface area (Å²) in [6.07, 6.45) is -4.17. The second-order valence-corrected chi connectivity index (χ2v) is 8.63. The van der Waals surface area contributed by atoms with E-state index in [9.17, 15) is 23.3 Å². The topological polar surface area (TPSA) is 87.0 Å². The highest BCUT2D eigenvalue weighted by atomic mass is 19.4. The van der Waals surface area contributed by atoms with Crippen LogP contribution in [0.1, 0.15) is 35.1 Å². The molecule has 0 N–H and O–H groups in total. The van der Waals surface area contributed by atoms with Gasteiger partial charge in [0.15, 0.2) is 11.4 Å². The summed E-state index contributed by atoms with van der Waals surface area (Å²) in [5.41, 5.74) is 2.10. The number of hydrogen-bond acceptors (Lipinski definition) is 5. The Hall–Kier alpha value is -4.21. The number of hydrogen-bond donors (Lipinski definition) is 0. The number of imidazole rings is 1. The third-order valence-electron chi connectivity index (χ3n) is 6.14. The van der Waals surface area contributed by atoms with Gasteiger partial charge in [-0.3, -0.25) is 10.1 Å². The molecule has 184 valence electrons. The van der Waals surface area contributed by atoms with Crippen molar-refractivity contribution < 1.29 is 22.5 Å². The van der Waals surface area contributed by atoms with Gasteiger partial charge in [-0.2, -0.15) is 13.2 Å². The number of aryl methyl sites for hydroxylation is 3. The molecule has 0 atom stereocenters. The van der Waals surface area contributed by atoms with Gasteiger partial charge in [-0.25, -0.2) is 9.97 Å². The van der Waals surface area contributed by atoms with Gasteiger partial charge in [0.2, 0.25) is 0 Å². The predicted molar refractivity (Wildman–Crippen MR) is 129 cm³/mol. The number of nitro benzene ring substituents is 1. The van der Waals surface area contributed by atoms with Crippen molar-refractivity contribution in [3.63, 3.8) is 0 Å². The van der Waals surface area contributed by atoms with Gasteiger partial charge >= 0.3 is 6.18 Å². The molecule has 0 spiro atoms. The fourth-order valence-corrected chi connectivity index (χ4v) is 4.61. The summed E-state index contributed by atoms with van der Waals surface area (Å²) in [4.78, 5) is 20.1. The molecule has 36 heavy (non-hydrogen) atoms. The fourth-order valence-electron chi connectivity index (χ4n) is 4.61. The lowest BCUT2D eigenvalue weighted by molar-refractivity contribution is -0.384. The van der Waals surface area contributed by atoms with Crippen LogP contribution in [0.15, 0.2) is 52.9 Å². The van der Waals surface area contributed by atoms with Crippen molar-refractivity contribution in [2.75, 3.05) is 0 Å². The Kier molecular flexibility index (Phi) is 5.54. The zero-order valence-corrected chi connectivity index (χ0v) is 19.7. The summed E-state index contributed by atoms with van der Waals surface area (Å²) in [5, 5.41) is 11.3. The van der Waals surface area contributed by atoms with Crippen molar-refractivity contribution >= 4 is 27.8 Å². The Balaban J connectivity index is 1.70. The summed E-state index contributed by atoms with van der Waals surface area (Å²) < 4.78 is 50.4. The second kappa shape index (κ2) is 8.47. The molecule has 0 amide bonds. The Morgan fingerprint density at radius 3 is 2.53 bits per heavy atom. The molecule has 0 saturated heterocycles. The quantitative estimate of drug-likeness (QED) is 0.194. The Morgan fingerprint density at radius 2 is 1.83 bits per heavy atom. The minimum Gasteiger partial charge on any atom is -0.455 e. The van der Waals surface area contributed by atoms with Crippen molar-refractivity contribution in [1.82, 2.24) is 14.5 Å². The molecule has 0 unspecified atom stereocenters. The summed E-state index contributed by atoms with van der Waals surface area (Å²) in [7, 11) is 0. The van der Waals surface area contributed by atoms with Crippen LogP contribution in [0.25, 0.3) is 33.5 Å². The van der Waals surface area contributed by atoms with E-state index in [4.69, 9.17) is 9.40 Å². The maximum atomic E-state index is 14.3. The summed E-state index contributed by atoms with van der Waals surface area (Å²) >= 11 is 0. The number of pyridine rings is 1. The molecular formula is C26H21F3N4O3. The first-order valence-electron chi connectivity index (χ1n) is 11.3. The second-order valence-electron chi connectivity index (χ2n) is 8.63. The third kappa shape index (κ3) is 3.88. The first kappa shape index (κ1) is 23.5. The minimum absolute atomic E-state index is 0.00440. The van der Waals surface area contributed by atoms with E-state index in [0.29, 0.717) is 17.6 Å². The van der Waals surface area contributed by atoms with E-state index in [1.165, 1.54) is 30.3 Å². The van der Waals surface area contributed by atoms with Crippen LogP contribution in [0.2, 0.25) is 0 Å². The lowest BCUT2D eigenvalue weighted by atomic mass is 10.0. The normalized spacial score (nSPS) is 12.1. The number of fused-ring (bicyclic) bond motifs is 2. The summed E-state index contributed by atoms with van der Waals surface area (Å²) in [6.45, 7) is 6.05. The molecule has 3 aromatic heterocycles. The maximum absolute atomic E-state index is 14.3. The van der Waals surface area contributed by atoms with Gasteiger partial charge in [-0.1, -0.05) is 25.1 Å². The number of rotatable bonds is 5. The molecule has 10 heteroatoms. The van der Waals surface area contributed by atoms with Crippen molar-refractivity contribution in [2.45, 2.75) is 39.9 Å². The average Bonchev–Trinajstić information content (AvgIpc) is 3.37. The fraction of sp³-hybridized carbons (Fsp3) is 0.231. The molecule has 0 aliphatic rings. The number of alkyl halides is 3. The molecular weight excluding hydrogens is 473 g/mol. The monoisotopic (exact) mass is 494 g/mol. The van der Waals surface area contributed by atoms with E-state index in [0.717, 1.165) is 28.7 Å². The number of halogens is 3. The van der Waals surface area contributed by atoms with Gasteiger partial charge in [-0.15, -0.1) is 0 Å². The number of furan rings is 1. The largest absolute Gasteiger partial charge is 0.455 e. The van der Waals surface area contributed by atoms with Gasteiger partial charge in [0.25, 0.3) is 5.69 Å². The Morgan fingerprint density at radius 1 is 1.08 bits per heavy atom. The van der Waals surface area contributed by atoms with E-state index in [-0.39, 0.29) is 23.1 Å². The SMILES string of the molecule is CCc1nc2c(C)cc(C)nc2n1Cc1ccc2oc(-c3ccccc3[N+](=O)[O-])c(C(F)(F)F)c2c1. The first-order valence-corrected chi connectivity index (χ1v) is 11.3. The summed E-state index contributed by atoms with van der Waals surface area (Å²) in [5.74, 6) is 0.201. The molecule has 0 aliphatic carbocycles. The molecule has 3 heterocycles. The number of para-hydroxylation sites is 1. The molecule has 0 radical (unpaired) electrons. The molecule has 0 aliphatic heterocycles. The highest BCUT2D eigenvalue weighted by Gasteiger charge is 2.40. The Bertz CT molecular complexity index is 1650. The van der Waals surface area contributed by atoms with Crippen molar-refractivity contribution in [3.8, 4) is 11.3 Å². The number of aromatic nitrogens is 3. The smallest absolute Gasteiger partial charge is 0.420 e. The molecule has 0 fully saturated rings. The van der Waals surface area contributed by atoms with E-state index < -0.39 is 28.1 Å². The number of nitrogens with zero attached hydrogens (tertiary/aromatic N) is 4. The molecule has 5 aromatic rings. The van der Waals surface area contributed by atoms with Crippen LogP contribution in [0.5, 0.6) is 0 Å². The highest BCUT2D eigenvalue weighted by Crippen LogP contribution is 2.46. The van der Waals surface area contributed by atoms with Crippen molar-refractivity contribution in [1.29, 1.82) is 0 Å². The molecule has 7 nitrogen and oxygen atoms in total. The van der Waals surface area contributed by atoms with Crippen LogP contribution < -0.4 is 0 Å². The lowest BCUT2D eigenvalue weighted by Crippen LogP contribution is -2.07. The van der Waals surface area contributed by atoms with Crippen molar-refractivity contribution in [3.05, 3.63) is 86.9 Å². The Labute approximate surface area is 203 Å². The van der Waals surface area contributed by atoms with Gasteiger partial charge < -0.3 is 8.98 Å². The van der Waals surface area contributed by atoms with Gasteiger partial charge in [0.1, 0.15) is 22.5 Å². The van der Waals surface area contributed by atoms with E-state index >= 15 is 0 Å². The first-order chi connectivity index (χ1) is 17.1. The van der Waals surface area contributed by atoms with Crippen LogP contribution in [-0.2, 0) is 19.1 Å². The summed E-state index contributed by atoms with van der Waals surface area (Å²) in [6, 6.07) is 11.8. The zero-order valence-electron chi connectivity index (χ0n) is 19.7. The average molecular weight is 494 g/mol. The standard InChI is InChI=1S/C26H21F3N4O3/c1-4-21-31-23-14(2)11-15(3)30-25(23)32(21)13-16-9-10-20-18(12-16)22(26(27,28)29)24(36-20)17-7-5-6-8-19(17)33(34)35/h5-12H,4,13H2,1-3H3. The van der Waals surface area contributed by atoms with Crippen LogP contribution in [0.4, 0.5) is 18.9 Å². The van der Waals surface area contributed by atoms with E-state index in [1.54, 1.807) is 6.07 Å². The van der Waals surface area contributed by atoms with Crippen molar-refractivity contribution in [2.24, 2.45) is 0 Å². The van der Waals surface area contributed by atoms with Crippen LogP contribution >= 0.6 is 0 Å². The minimum atomic E-state index is -4.80. The van der Waals surface area contributed by atoms with Crippen LogP contribution in [-0.4, -0.2) is 19.5 Å². The van der Waals surface area contributed by atoms with E-state index in [2.05, 4.69) is 4.98 Å². The predicted octanol–water partition coefficient (Wildman–Crippen LogP) is 7.00. The van der Waals surface area contributed by atoms with Gasteiger partial charge in [0.05, 0.1) is 17.0 Å². The molecule has 0 bridgehead atoms. The number of benzene rings is 2.